The molecule has 0 aromatic carbocycles. The lowest BCUT2D eigenvalue weighted by Crippen LogP contribution is -2.54. The van der Waals surface area contributed by atoms with Crippen LogP contribution in [0.4, 0.5) is 0 Å². The highest BCUT2D eigenvalue weighted by molar-refractivity contribution is 5.22. The van der Waals surface area contributed by atoms with Gasteiger partial charge in [0.1, 0.15) is 11.7 Å². The zero-order valence-electron chi connectivity index (χ0n) is 10.4. The smallest absolute Gasteiger partial charge is 0.105 e. The molecule has 4 nitrogen and oxygen atoms in total. The Labute approximate surface area is 102 Å². The maximum Gasteiger partial charge on any atom is 0.105 e. The second-order valence-corrected chi connectivity index (χ2v) is 5.60. The van der Waals surface area contributed by atoms with E-state index in [0.29, 0.717) is 0 Å². The minimum atomic E-state index is -0.425. The zero-order valence-corrected chi connectivity index (χ0v) is 10.4. The van der Waals surface area contributed by atoms with E-state index in [1.165, 1.54) is 0 Å². The van der Waals surface area contributed by atoms with Crippen molar-refractivity contribution < 1.29 is 19.3 Å². The highest BCUT2D eigenvalue weighted by atomic mass is 16.6. The van der Waals surface area contributed by atoms with Crippen molar-refractivity contribution in [3.8, 4) is 0 Å². The lowest BCUT2D eigenvalue weighted by molar-refractivity contribution is -0.116. The molecular formula is C13H20O4. The van der Waals surface area contributed by atoms with E-state index >= 15 is 0 Å². The molecule has 3 fully saturated rings. The fourth-order valence-electron chi connectivity index (χ4n) is 3.56. The van der Waals surface area contributed by atoms with Gasteiger partial charge in [0, 0.05) is 7.11 Å². The van der Waals surface area contributed by atoms with Crippen molar-refractivity contribution >= 4 is 0 Å². The fourth-order valence-corrected chi connectivity index (χ4v) is 3.56. The first-order valence-electron chi connectivity index (χ1n) is 6.22. The maximum atomic E-state index is 10.1. The van der Waals surface area contributed by atoms with Crippen molar-refractivity contribution in [1.29, 1.82) is 0 Å². The van der Waals surface area contributed by atoms with Gasteiger partial charge in [0.2, 0.25) is 0 Å². The van der Waals surface area contributed by atoms with Crippen LogP contribution in [0.1, 0.15) is 19.8 Å². The van der Waals surface area contributed by atoms with Crippen LogP contribution in [0.5, 0.6) is 0 Å². The van der Waals surface area contributed by atoms with E-state index in [4.69, 9.17) is 14.2 Å². The minimum absolute atomic E-state index is 0.0523. The lowest BCUT2D eigenvalue weighted by Gasteiger charge is -2.41. The summed E-state index contributed by atoms with van der Waals surface area (Å²) in [5.41, 5.74) is -0.424. The van der Waals surface area contributed by atoms with Gasteiger partial charge in [0.25, 0.3) is 0 Å². The van der Waals surface area contributed by atoms with Gasteiger partial charge < -0.3 is 19.3 Å². The van der Waals surface area contributed by atoms with Crippen LogP contribution in [0.3, 0.4) is 0 Å². The van der Waals surface area contributed by atoms with Gasteiger partial charge in [-0.25, -0.2) is 0 Å². The second-order valence-electron chi connectivity index (χ2n) is 5.60. The number of aliphatic hydroxyl groups excluding tert-OH is 1. The van der Waals surface area contributed by atoms with Crippen molar-refractivity contribution in [2.75, 3.05) is 13.7 Å². The zero-order chi connectivity index (χ0) is 12.3. The summed E-state index contributed by atoms with van der Waals surface area (Å²) in [4.78, 5) is 0. The number of methoxy groups -OCH3 is 1. The average Bonchev–Trinajstić information content (AvgIpc) is 3.21. The molecule has 2 aliphatic heterocycles. The maximum absolute atomic E-state index is 10.1. The standard InChI is InChI=1S/C13H20O4/c1-4-9-12(2,17-9)11-10(15-3)8(14)5-6-13(11)7-16-13/h4,8-11,14H,1,5-7H2,2-3H3/t8-,9-,10-,11-,12+,13+/m1/s1. The fraction of sp³-hybridized carbons (Fsp3) is 0.846. The van der Waals surface area contributed by atoms with Crippen LogP contribution < -0.4 is 0 Å². The predicted molar refractivity (Wildman–Crippen MR) is 61.7 cm³/mol. The Morgan fingerprint density at radius 2 is 2.24 bits per heavy atom. The van der Waals surface area contributed by atoms with Crippen LogP contribution in [-0.2, 0) is 14.2 Å². The molecule has 1 saturated carbocycles. The van der Waals surface area contributed by atoms with Gasteiger partial charge in [-0.2, -0.15) is 0 Å². The van der Waals surface area contributed by atoms with Crippen molar-refractivity contribution in [2.45, 2.75) is 49.3 Å². The van der Waals surface area contributed by atoms with Crippen LogP contribution in [0.25, 0.3) is 0 Å². The van der Waals surface area contributed by atoms with Crippen molar-refractivity contribution in [2.24, 2.45) is 5.92 Å². The molecule has 0 aromatic rings. The molecule has 0 aromatic heterocycles. The predicted octanol–water partition coefficient (Wildman–Crippen LogP) is 0.885. The minimum Gasteiger partial charge on any atom is -0.390 e. The Morgan fingerprint density at radius 1 is 1.53 bits per heavy atom. The topological polar surface area (TPSA) is 54.5 Å². The molecular weight excluding hydrogens is 220 g/mol. The average molecular weight is 240 g/mol. The molecule has 1 N–H and O–H groups in total. The van der Waals surface area contributed by atoms with Crippen molar-refractivity contribution in [3.05, 3.63) is 12.7 Å². The Balaban J connectivity index is 1.90. The largest absolute Gasteiger partial charge is 0.390 e. The number of epoxide rings is 2. The molecule has 0 unspecified atom stereocenters. The van der Waals surface area contributed by atoms with Gasteiger partial charge in [-0.1, -0.05) is 6.08 Å². The van der Waals surface area contributed by atoms with Crippen LogP contribution in [0.2, 0.25) is 0 Å². The van der Waals surface area contributed by atoms with Crippen LogP contribution in [0, 0.1) is 5.92 Å². The third-order valence-corrected chi connectivity index (χ3v) is 4.65. The highest BCUT2D eigenvalue weighted by Gasteiger charge is 2.71. The number of aliphatic hydroxyl groups is 1. The summed E-state index contributed by atoms with van der Waals surface area (Å²) in [7, 11) is 1.65. The molecule has 96 valence electrons. The number of ether oxygens (including phenoxy) is 3. The van der Waals surface area contributed by atoms with Gasteiger partial charge >= 0.3 is 0 Å². The second kappa shape index (κ2) is 3.54. The summed E-state index contributed by atoms with van der Waals surface area (Å²) in [6.45, 7) is 6.61. The molecule has 4 heteroatoms. The Kier molecular flexibility index (Phi) is 2.43. The molecule has 0 bridgehead atoms. The molecule has 2 heterocycles. The molecule has 3 rings (SSSR count). The van der Waals surface area contributed by atoms with E-state index in [1.54, 1.807) is 7.11 Å². The third-order valence-electron chi connectivity index (χ3n) is 4.65. The SMILES string of the molecule is C=C[C@H]1O[C@]1(C)[C@H]1[C@H](OC)[C@H](O)CC[C@]12CO2. The molecule has 17 heavy (non-hydrogen) atoms. The Bertz CT molecular complexity index is 338. The van der Waals surface area contributed by atoms with Crippen LogP contribution in [0.15, 0.2) is 12.7 Å². The normalized spacial score (nSPS) is 56.9. The molecule has 6 atom stereocenters. The Morgan fingerprint density at radius 3 is 2.71 bits per heavy atom. The molecule has 1 spiro atoms. The summed E-state index contributed by atoms with van der Waals surface area (Å²) in [5, 5.41) is 10.1. The first-order valence-corrected chi connectivity index (χ1v) is 6.22. The number of hydrogen-bond donors (Lipinski definition) is 1. The van der Waals surface area contributed by atoms with Gasteiger partial charge in [0.15, 0.2) is 0 Å². The van der Waals surface area contributed by atoms with E-state index < -0.39 is 6.10 Å². The summed E-state index contributed by atoms with van der Waals surface area (Å²) < 4.78 is 17.0. The molecule has 3 aliphatic rings. The summed E-state index contributed by atoms with van der Waals surface area (Å²) in [5.74, 6) is 0.0896. The van der Waals surface area contributed by atoms with E-state index in [-0.39, 0.29) is 29.3 Å². The summed E-state index contributed by atoms with van der Waals surface area (Å²) in [6, 6.07) is 0. The van der Waals surface area contributed by atoms with Gasteiger partial charge in [-0.3, -0.25) is 0 Å². The molecule has 2 saturated heterocycles. The summed E-state index contributed by atoms with van der Waals surface area (Å²) in [6.07, 6.45) is 2.87. The van der Waals surface area contributed by atoms with Gasteiger partial charge in [-0.05, 0) is 19.8 Å². The lowest BCUT2D eigenvalue weighted by atomic mass is 9.68. The van der Waals surface area contributed by atoms with E-state index in [1.807, 2.05) is 6.08 Å². The van der Waals surface area contributed by atoms with Gasteiger partial charge in [-0.15, -0.1) is 6.58 Å². The Hall–Kier alpha value is -0.420. The highest BCUT2D eigenvalue weighted by Crippen LogP contribution is 2.58. The molecule has 0 radical (unpaired) electrons. The summed E-state index contributed by atoms with van der Waals surface area (Å²) >= 11 is 0. The van der Waals surface area contributed by atoms with E-state index in [0.717, 1.165) is 19.4 Å². The molecule has 0 amide bonds. The van der Waals surface area contributed by atoms with Crippen LogP contribution in [-0.4, -0.2) is 48.3 Å². The quantitative estimate of drug-likeness (QED) is 0.588. The van der Waals surface area contributed by atoms with Crippen molar-refractivity contribution in [1.82, 2.24) is 0 Å². The third kappa shape index (κ3) is 1.51. The van der Waals surface area contributed by atoms with Crippen LogP contribution >= 0.6 is 0 Å². The number of rotatable bonds is 3. The first kappa shape index (κ1) is 11.7. The van der Waals surface area contributed by atoms with Crippen molar-refractivity contribution in [3.63, 3.8) is 0 Å². The van der Waals surface area contributed by atoms with Gasteiger partial charge in [0.05, 0.1) is 30.3 Å². The van der Waals surface area contributed by atoms with E-state index in [9.17, 15) is 5.11 Å². The number of hydrogen-bond acceptors (Lipinski definition) is 4. The molecule has 1 aliphatic carbocycles. The monoisotopic (exact) mass is 240 g/mol. The van der Waals surface area contributed by atoms with E-state index in [2.05, 4.69) is 13.5 Å². The first-order chi connectivity index (χ1) is 8.07.